The van der Waals surface area contributed by atoms with Crippen LogP contribution in [-0.4, -0.2) is 10.3 Å². The average molecular weight is 322 g/mol. The molecule has 0 unspecified atom stereocenters. The summed E-state index contributed by atoms with van der Waals surface area (Å²) in [6.45, 7) is 4.00. The summed E-state index contributed by atoms with van der Waals surface area (Å²) >= 11 is 3.28. The second-order valence-corrected chi connectivity index (χ2v) is 4.30. The summed E-state index contributed by atoms with van der Waals surface area (Å²) < 4.78 is 37.6. The summed E-state index contributed by atoms with van der Waals surface area (Å²) in [6.07, 6.45) is -1.81. The third-order valence-electron chi connectivity index (χ3n) is 2.46. The molecule has 100 valence electrons. The van der Waals surface area contributed by atoms with E-state index in [1.807, 2.05) is 13.8 Å². The van der Waals surface area contributed by atoms with Gasteiger partial charge in [-0.1, -0.05) is 29.8 Å². The van der Waals surface area contributed by atoms with E-state index in [0.29, 0.717) is 11.8 Å². The maximum atomic E-state index is 12.5. The van der Waals surface area contributed by atoms with Crippen LogP contribution in [0.4, 0.5) is 13.2 Å². The van der Waals surface area contributed by atoms with Crippen molar-refractivity contribution in [3.63, 3.8) is 0 Å². The van der Waals surface area contributed by atoms with Crippen molar-refractivity contribution < 1.29 is 13.2 Å². The van der Waals surface area contributed by atoms with Crippen LogP contribution in [0, 0.1) is 0 Å². The van der Waals surface area contributed by atoms with Gasteiger partial charge in [0.15, 0.2) is 0 Å². The van der Waals surface area contributed by atoms with E-state index in [9.17, 15) is 13.2 Å². The Labute approximate surface area is 113 Å². The molecule has 0 saturated heterocycles. The predicted octanol–water partition coefficient (Wildman–Crippen LogP) is 5.15. The molecule has 0 aliphatic heterocycles. The monoisotopic (exact) mass is 321 g/mol. The van der Waals surface area contributed by atoms with E-state index in [1.165, 1.54) is 12.1 Å². The van der Waals surface area contributed by atoms with E-state index >= 15 is 0 Å². The summed E-state index contributed by atoms with van der Waals surface area (Å²) in [5, 5.41) is 1.38. The maximum absolute atomic E-state index is 12.5. The Kier molecular flexibility index (Phi) is 5.26. The van der Waals surface area contributed by atoms with E-state index in [1.54, 1.807) is 6.20 Å². The molecule has 0 bridgehead atoms. The molecule has 0 fully saturated rings. The molecule has 2 rings (SSSR count). The van der Waals surface area contributed by atoms with Gasteiger partial charge in [0.25, 0.3) is 0 Å². The highest BCUT2D eigenvalue weighted by atomic mass is 79.9. The third kappa shape index (κ3) is 3.28. The summed E-state index contributed by atoms with van der Waals surface area (Å²) in [6, 6.07) is 3.76. The van der Waals surface area contributed by atoms with Crippen LogP contribution in [0.3, 0.4) is 0 Å². The molecule has 5 heteroatoms. The van der Waals surface area contributed by atoms with Crippen molar-refractivity contribution in [2.75, 3.05) is 5.33 Å². The number of aromatic amines is 1. The topological polar surface area (TPSA) is 15.8 Å². The molecule has 0 atom stereocenters. The lowest BCUT2D eigenvalue weighted by molar-refractivity contribution is -0.137. The number of nitrogens with one attached hydrogen (secondary N) is 1. The molecule has 0 radical (unpaired) electrons. The summed E-state index contributed by atoms with van der Waals surface area (Å²) in [5.41, 5.74) is 1.04. The molecule has 1 aromatic carbocycles. The van der Waals surface area contributed by atoms with Crippen molar-refractivity contribution >= 4 is 26.8 Å². The zero-order chi connectivity index (χ0) is 13.8. The zero-order valence-electron chi connectivity index (χ0n) is 10.2. The minimum atomic E-state index is -4.28. The van der Waals surface area contributed by atoms with E-state index in [-0.39, 0.29) is 0 Å². The number of fused-ring (bicyclic) bond motifs is 1. The first kappa shape index (κ1) is 15.1. The molecule has 1 nitrogen and oxygen atoms in total. The number of hydrogen-bond acceptors (Lipinski definition) is 0. The van der Waals surface area contributed by atoms with Gasteiger partial charge in [-0.2, -0.15) is 13.2 Å². The first-order chi connectivity index (χ1) is 8.52. The summed E-state index contributed by atoms with van der Waals surface area (Å²) in [5.74, 6) is 0. The largest absolute Gasteiger partial charge is 0.416 e. The van der Waals surface area contributed by atoms with Gasteiger partial charge in [-0.3, -0.25) is 0 Å². The van der Waals surface area contributed by atoms with E-state index in [4.69, 9.17) is 0 Å². The lowest BCUT2D eigenvalue weighted by Gasteiger charge is -2.06. The fourth-order valence-corrected chi connectivity index (χ4v) is 2.09. The molecule has 0 aliphatic carbocycles. The number of rotatable bonds is 2. The van der Waals surface area contributed by atoms with Crippen LogP contribution in [0.5, 0.6) is 0 Å². The molecular formula is C13H15BrF3N. The number of hydrogen-bond donors (Lipinski definition) is 1. The van der Waals surface area contributed by atoms with Crippen molar-refractivity contribution in [3.05, 3.63) is 35.5 Å². The number of H-pyrrole nitrogens is 1. The van der Waals surface area contributed by atoms with Gasteiger partial charge in [-0.25, -0.2) is 0 Å². The Hall–Kier alpha value is -0.970. The molecule has 1 heterocycles. The van der Waals surface area contributed by atoms with Gasteiger partial charge in [-0.15, -0.1) is 0 Å². The van der Waals surface area contributed by atoms with Crippen molar-refractivity contribution in [1.82, 2.24) is 4.98 Å². The van der Waals surface area contributed by atoms with Crippen molar-refractivity contribution in [3.8, 4) is 0 Å². The van der Waals surface area contributed by atoms with Gasteiger partial charge in [0, 0.05) is 22.4 Å². The Bertz CT molecular complexity index is 502. The van der Waals surface area contributed by atoms with Gasteiger partial charge < -0.3 is 4.98 Å². The molecule has 0 aliphatic rings. The normalized spacial score (nSPS) is 11.2. The smallest absolute Gasteiger partial charge is 0.361 e. The van der Waals surface area contributed by atoms with Crippen molar-refractivity contribution in [2.24, 2.45) is 0 Å². The fourth-order valence-electron chi connectivity index (χ4n) is 1.66. The first-order valence-electron chi connectivity index (χ1n) is 5.75. The molecule has 1 N–H and O–H groups in total. The van der Waals surface area contributed by atoms with Gasteiger partial charge in [-0.05, 0) is 30.2 Å². The Morgan fingerprint density at radius 2 is 1.89 bits per heavy atom. The van der Waals surface area contributed by atoms with Crippen LogP contribution < -0.4 is 0 Å². The first-order valence-corrected chi connectivity index (χ1v) is 6.87. The lowest BCUT2D eigenvalue weighted by Crippen LogP contribution is -2.04. The van der Waals surface area contributed by atoms with Gasteiger partial charge in [0.05, 0.1) is 5.56 Å². The van der Waals surface area contributed by atoms with Gasteiger partial charge in [0.1, 0.15) is 0 Å². The highest BCUT2D eigenvalue weighted by Crippen LogP contribution is 2.32. The molecule has 0 spiro atoms. The quantitative estimate of drug-likeness (QED) is 0.736. The van der Waals surface area contributed by atoms with Crippen molar-refractivity contribution in [1.29, 1.82) is 0 Å². The molecule has 18 heavy (non-hydrogen) atoms. The molecule has 2 aromatic rings. The Morgan fingerprint density at radius 3 is 2.44 bits per heavy atom. The van der Waals surface area contributed by atoms with Crippen LogP contribution in [0.2, 0.25) is 0 Å². The predicted molar refractivity (Wildman–Crippen MR) is 72.1 cm³/mol. The van der Waals surface area contributed by atoms with Crippen LogP contribution in [0.15, 0.2) is 24.4 Å². The van der Waals surface area contributed by atoms with Crippen LogP contribution in [-0.2, 0) is 12.6 Å². The summed E-state index contributed by atoms with van der Waals surface area (Å²) in [4.78, 5) is 2.96. The fraction of sp³-hybridized carbons (Fsp3) is 0.385. The molecule has 0 saturated carbocycles. The number of aromatic nitrogens is 1. The number of halogens is 4. The van der Waals surface area contributed by atoms with Gasteiger partial charge >= 0.3 is 6.18 Å². The van der Waals surface area contributed by atoms with Gasteiger partial charge in [0.2, 0.25) is 0 Å². The number of benzene rings is 1. The van der Waals surface area contributed by atoms with Crippen LogP contribution in [0.25, 0.3) is 10.9 Å². The van der Waals surface area contributed by atoms with E-state index < -0.39 is 11.7 Å². The highest BCUT2D eigenvalue weighted by molar-refractivity contribution is 9.09. The van der Waals surface area contributed by atoms with E-state index in [0.717, 1.165) is 22.5 Å². The van der Waals surface area contributed by atoms with Crippen LogP contribution in [0.1, 0.15) is 25.0 Å². The Morgan fingerprint density at radius 1 is 1.22 bits per heavy atom. The number of aryl methyl sites for hydroxylation is 1. The molecular weight excluding hydrogens is 307 g/mol. The lowest BCUT2D eigenvalue weighted by atomic mass is 10.1. The zero-order valence-corrected chi connectivity index (χ0v) is 11.8. The SMILES string of the molecule is CC.FC(F)(F)c1ccc2[nH]cc(CCBr)c2c1. The molecule has 1 aromatic heterocycles. The van der Waals surface area contributed by atoms with Crippen LogP contribution >= 0.6 is 15.9 Å². The maximum Gasteiger partial charge on any atom is 0.416 e. The standard InChI is InChI=1S/C11H9BrF3N.C2H6/c12-4-3-7-6-16-10-2-1-8(5-9(7)10)11(13,14)15;1-2/h1-2,5-6,16H,3-4H2;1-2H3. The second kappa shape index (κ2) is 6.27. The number of alkyl halides is 4. The summed E-state index contributed by atoms with van der Waals surface area (Å²) in [7, 11) is 0. The minimum absolute atomic E-state index is 0.601. The third-order valence-corrected chi connectivity index (χ3v) is 2.86. The van der Waals surface area contributed by atoms with Crippen molar-refractivity contribution in [2.45, 2.75) is 26.4 Å². The van der Waals surface area contributed by atoms with E-state index in [2.05, 4.69) is 20.9 Å². The second-order valence-electron chi connectivity index (χ2n) is 3.51. The minimum Gasteiger partial charge on any atom is -0.361 e. The molecule has 0 amide bonds. The Balaban J connectivity index is 0.000000771. The highest BCUT2D eigenvalue weighted by Gasteiger charge is 2.30. The average Bonchev–Trinajstić information content (AvgIpc) is 2.74.